The van der Waals surface area contributed by atoms with Gasteiger partial charge in [0.25, 0.3) is 0 Å². The van der Waals surface area contributed by atoms with Crippen LogP contribution in [0.2, 0.25) is 0 Å². The average molecular weight is 484 g/mol. The lowest BCUT2D eigenvalue weighted by atomic mass is 9.73. The maximum atomic E-state index is 13.6. The molecule has 5 nitrogen and oxygen atoms in total. The number of aromatic nitrogens is 1. The predicted octanol–water partition coefficient (Wildman–Crippen LogP) is 5.77. The molecule has 4 aromatic rings. The number of rotatable bonds is 8. The Morgan fingerprint density at radius 3 is 2.51 bits per heavy atom. The first-order valence-corrected chi connectivity index (χ1v) is 12.7. The van der Waals surface area contributed by atoms with Gasteiger partial charge in [0.1, 0.15) is 5.75 Å². The van der Waals surface area contributed by atoms with E-state index >= 15 is 0 Å². The van der Waals surface area contributed by atoms with Gasteiger partial charge in [0.2, 0.25) is 5.91 Å². The Kier molecular flexibility index (Phi) is 6.66. The topological polar surface area (TPSA) is 63.2 Å². The Balaban J connectivity index is 1.38. The molecule has 6 heteroatoms. The molecule has 2 N–H and O–H groups in total. The van der Waals surface area contributed by atoms with Crippen LogP contribution in [0.3, 0.4) is 0 Å². The highest BCUT2D eigenvalue weighted by Gasteiger charge is 2.48. The second-order valence-corrected chi connectivity index (χ2v) is 10.1. The number of benzene rings is 3. The number of methoxy groups -OCH3 is 1. The van der Waals surface area contributed by atoms with E-state index in [1.54, 1.807) is 13.3 Å². The van der Waals surface area contributed by atoms with Gasteiger partial charge in [-0.1, -0.05) is 60.7 Å². The molecule has 0 saturated carbocycles. The van der Waals surface area contributed by atoms with Gasteiger partial charge in [0.05, 0.1) is 12.5 Å². The summed E-state index contributed by atoms with van der Waals surface area (Å²) < 4.78 is 5.24. The Labute approximate surface area is 210 Å². The van der Waals surface area contributed by atoms with Crippen LogP contribution < -0.4 is 15.4 Å². The number of ether oxygens (including phenoxy) is 1. The SMILES string of the molecule is COc1ccc(CNCc2ccc3c(c2)[C@@H](c2ccccc2)[C@@](C)(C(=O)Nc2nccs2)C3)cc1. The monoisotopic (exact) mass is 483 g/mol. The minimum Gasteiger partial charge on any atom is -0.497 e. The Morgan fingerprint density at radius 2 is 1.80 bits per heavy atom. The van der Waals surface area contributed by atoms with Crippen molar-refractivity contribution >= 4 is 22.4 Å². The molecule has 2 atom stereocenters. The van der Waals surface area contributed by atoms with E-state index in [4.69, 9.17) is 4.74 Å². The maximum Gasteiger partial charge on any atom is 0.233 e. The molecular formula is C29H29N3O2S. The number of thiazole rings is 1. The molecule has 1 aromatic heterocycles. The summed E-state index contributed by atoms with van der Waals surface area (Å²) in [6.45, 7) is 3.61. The summed E-state index contributed by atoms with van der Waals surface area (Å²) >= 11 is 1.44. The number of nitrogens with one attached hydrogen (secondary N) is 2. The van der Waals surface area contributed by atoms with E-state index in [9.17, 15) is 4.79 Å². The molecule has 0 aliphatic heterocycles. The lowest BCUT2D eigenvalue weighted by Crippen LogP contribution is -2.37. The molecule has 1 heterocycles. The van der Waals surface area contributed by atoms with Crippen molar-refractivity contribution in [1.82, 2.24) is 10.3 Å². The normalized spacial score (nSPS) is 18.7. The maximum absolute atomic E-state index is 13.6. The van der Waals surface area contributed by atoms with Crippen LogP contribution in [0.5, 0.6) is 5.75 Å². The van der Waals surface area contributed by atoms with E-state index in [1.807, 2.05) is 35.7 Å². The average Bonchev–Trinajstić information content (AvgIpc) is 3.50. The van der Waals surface area contributed by atoms with Crippen molar-refractivity contribution in [2.45, 2.75) is 32.4 Å². The third-order valence-corrected chi connectivity index (χ3v) is 7.53. The first kappa shape index (κ1) is 23.3. The summed E-state index contributed by atoms with van der Waals surface area (Å²) in [5, 5.41) is 9.13. The van der Waals surface area contributed by atoms with Crippen molar-refractivity contribution in [3.8, 4) is 5.75 Å². The van der Waals surface area contributed by atoms with Crippen molar-refractivity contribution in [1.29, 1.82) is 0 Å². The number of anilines is 1. The van der Waals surface area contributed by atoms with Crippen molar-refractivity contribution in [3.05, 3.63) is 112 Å². The van der Waals surface area contributed by atoms with Crippen molar-refractivity contribution < 1.29 is 9.53 Å². The zero-order valence-electron chi connectivity index (χ0n) is 20.0. The highest BCUT2D eigenvalue weighted by atomic mass is 32.1. The fourth-order valence-electron chi connectivity index (χ4n) is 5.05. The smallest absolute Gasteiger partial charge is 0.233 e. The lowest BCUT2D eigenvalue weighted by molar-refractivity contribution is -0.125. The van der Waals surface area contributed by atoms with E-state index in [0.29, 0.717) is 11.6 Å². The predicted molar refractivity (Wildman–Crippen MR) is 141 cm³/mol. The molecule has 1 aliphatic rings. The molecule has 0 bridgehead atoms. The zero-order valence-corrected chi connectivity index (χ0v) is 20.8. The summed E-state index contributed by atoms with van der Waals surface area (Å²) in [5.41, 5.74) is 5.44. The first-order valence-electron chi connectivity index (χ1n) is 11.8. The number of hydrogen-bond acceptors (Lipinski definition) is 5. The summed E-state index contributed by atoms with van der Waals surface area (Å²) in [5.74, 6) is 0.846. The molecular weight excluding hydrogens is 454 g/mol. The van der Waals surface area contributed by atoms with Gasteiger partial charge in [0.15, 0.2) is 5.13 Å². The number of carbonyl (C=O) groups excluding carboxylic acids is 1. The van der Waals surface area contributed by atoms with Gasteiger partial charge in [0, 0.05) is 30.6 Å². The van der Waals surface area contributed by atoms with Gasteiger partial charge in [-0.2, -0.15) is 0 Å². The molecule has 0 radical (unpaired) electrons. The molecule has 1 amide bonds. The number of hydrogen-bond donors (Lipinski definition) is 2. The van der Waals surface area contributed by atoms with Crippen LogP contribution in [-0.2, 0) is 24.3 Å². The van der Waals surface area contributed by atoms with Gasteiger partial charge >= 0.3 is 0 Å². The van der Waals surface area contributed by atoms with Crippen LogP contribution in [0, 0.1) is 5.41 Å². The fourth-order valence-corrected chi connectivity index (χ4v) is 5.57. The summed E-state index contributed by atoms with van der Waals surface area (Å²) in [7, 11) is 1.68. The molecule has 178 valence electrons. The van der Waals surface area contributed by atoms with E-state index in [2.05, 4.69) is 65.0 Å². The lowest BCUT2D eigenvalue weighted by Gasteiger charge is -2.31. The van der Waals surface area contributed by atoms with Crippen molar-refractivity contribution in [2.24, 2.45) is 5.41 Å². The number of fused-ring (bicyclic) bond motifs is 1. The van der Waals surface area contributed by atoms with E-state index < -0.39 is 5.41 Å². The molecule has 3 aromatic carbocycles. The van der Waals surface area contributed by atoms with E-state index in [1.165, 1.54) is 33.6 Å². The van der Waals surface area contributed by atoms with Gasteiger partial charge < -0.3 is 15.4 Å². The summed E-state index contributed by atoms with van der Waals surface area (Å²) in [4.78, 5) is 17.8. The minimum absolute atomic E-state index is 0.0108. The quantitative estimate of drug-likeness (QED) is 0.334. The molecule has 35 heavy (non-hydrogen) atoms. The fraction of sp³-hybridized carbons (Fsp3) is 0.241. The van der Waals surface area contributed by atoms with Gasteiger partial charge in [-0.25, -0.2) is 4.98 Å². The van der Waals surface area contributed by atoms with Crippen LogP contribution in [0.4, 0.5) is 5.13 Å². The standard InChI is InChI=1S/C29H29N3O2S/c1-29(27(33)32-28-31-14-15-35-28)17-23-11-8-21(16-25(23)26(29)22-6-4-3-5-7-22)19-30-18-20-9-12-24(34-2)13-10-20/h3-16,26,30H,17-19H2,1-2H3,(H,31,32,33)/t26-,29+/m1/s1. The van der Waals surface area contributed by atoms with Crippen molar-refractivity contribution in [2.75, 3.05) is 12.4 Å². The van der Waals surface area contributed by atoms with E-state index in [0.717, 1.165) is 24.4 Å². The highest BCUT2D eigenvalue weighted by Crippen LogP contribution is 2.51. The molecule has 0 unspecified atom stereocenters. The second-order valence-electron chi connectivity index (χ2n) is 9.21. The first-order chi connectivity index (χ1) is 17.1. The summed E-state index contributed by atoms with van der Waals surface area (Å²) in [6.07, 6.45) is 2.41. The molecule has 0 saturated heterocycles. The Hall–Kier alpha value is -3.48. The molecule has 0 fully saturated rings. The van der Waals surface area contributed by atoms with Crippen LogP contribution in [0.25, 0.3) is 0 Å². The zero-order chi connectivity index (χ0) is 24.3. The van der Waals surface area contributed by atoms with Crippen molar-refractivity contribution in [3.63, 3.8) is 0 Å². The van der Waals surface area contributed by atoms with Crippen LogP contribution >= 0.6 is 11.3 Å². The van der Waals surface area contributed by atoms with Gasteiger partial charge in [-0.15, -0.1) is 11.3 Å². The third kappa shape index (κ3) is 4.85. The van der Waals surface area contributed by atoms with Gasteiger partial charge in [-0.05, 0) is 53.3 Å². The van der Waals surface area contributed by atoms with Crippen LogP contribution in [0.1, 0.15) is 40.7 Å². The number of amides is 1. The number of nitrogens with zero attached hydrogens (tertiary/aromatic N) is 1. The molecule has 0 spiro atoms. The minimum atomic E-state index is -0.607. The Bertz CT molecular complexity index is 1290. The molecule has 1 aliphatic carbocycles. The summed E-state index contributed by atoms with van der Waals surface area (Å²) in [6, 6.07) is 25.1. The largest absolute Gasteiger partial charge is 0.497 e. The van der Waals surface area contributed by atoms with Crippen LogP contribution in [-0.4, -0.2) is 18.0 Å². The van der Waals surface area contributed by atoms with Crippen LogP contribution in [0.15, 0.2) is 84.4 Å². The Morgan fingerprint density at radius 1 is 1.06 bits per heavy atom. The third-order valence-electron chi connectivity index (χ3n) is 6.84. The molecule has 5 rings (SSSR count). The van der Waals surface area contributed by atoms with E-state index in [-0.39, 0.29) is 11.8 Å². The number of carbonyl (C=O) groups is 1. The van der Waals surface area contributed by atoms with Gasteiger partial charge in [-0.3, -0.25) is 4.79 Å². The highest BCUT2D eigenvalue weighted by molar-refractivity contribution is 7.13. The second kappa shape index (κ2) is 10.0.